The molecule has 1 fully saturated rings. The first-order valence-electron chi connectivity index (χ1n) is 10.6. The van der Waals surface area contributed by atoms with Crippen LogP contribution >= 0.6 is 0 Å². The van der Waals surface area contributed by atoms with E-state index in [1.807, 2.05) is 25.1 Å². The van der Waals surface area contributed by atoms with Crippen molar-refractivity contribution >= 4 is 33.2 Å². The Bertz CT molecular complexity index is 1140. The molecule has 1 aliphatic heterocycles. The molecule has 2 aliphatic rings. The summed E-state index contributed by atoms with van der Waals surface area (Å²) in [6.07, 6.45) is 1.30. The standard InChI is InChI=1S/C23H27N3O5S/c1-15-14-25(22(27)17-3-4-17)21-13-18(7-10-20(21)26(15)23(28)31-2)16-5-8-19(9-6-16)32(29,30)12-11-24/h5-10,13,15,17H,3-4,11-12,14,24H2,1-2H3/t15-/m0/s1. The molecule has 1 heterocycles. The van der Waals surface area contributed by atoms with Crippen molar-refractivity contribution in [2.24, 2.45) is 11.7 Å². The maximum atomic E-state index is 13.0. The third-order valence-electron chi connectivity index (χ3n) is 5.91. The van der Waals surface area contributed by atoms with Gasteiger partial charge < -0.3 is 15.4 Å². The molecule has 170 valence electrons. The molecule has 32 heavy (non-hydrogen) atoms. The predicted octanol–water partition coefficient (Wildman–Crippen LogP) is 2.80. The second-order valence-corrected chi connectivity index (χ2v) is 10.4. The number of methoxy groups -OCH3 is 1. The number of ether oxygens (including phenoxy) is 1. The van der Waals surface area contributed by atoms with E-state index in [0.717, 1.165) is 24.0 Å². The molecule has 1 aliphatic carbocycles. The van der Waals surface area contributed by atoms with Crippen LogP contribution in [0, 0.1) is 5.92 Å². The van der Waals surface area contributed by atoms with Gasteiger partial charge in [0.05, 0.1) is 35.2 Å². The van der Waals surface area contributed by atoms with Crippen molar-refractivity contribution in [2.75, 3.05) is 35.8 Å². The third-order valence-corrected chi connectivity index (χ3v) is 7.67. The second-order valence-electron chi connectivity index (χ2n) is 8.25. The molecule has 1 saturated carbocycles. The fraction of sp³-hybridized carbons (Fsp3) is 0.391. The van der Waals surface area contributed by atoms with E-state index in [9.17, 15) is 18.0 Å². The monoisotopic (exact) mass is 457 g/mol. The highest BCUT2D eigenvalue weighted by molar-refractivity contribution is 7.91. The summed E-state index contributed by atoms with van der Waals surface area (Å²) in [5.74, 6) is 0.00347. The first kappa shape index (κ1) is 22.3. The lowest BCUT2D eigenvalue weighted by Gasteiger charge is -2.40. The van der Waals surface area contributed by atoms with Crippen LogP contribution in [0.5, 0.6) is 0 Å². The van der Waals surface area contributed by atoms with E-state index in [-0.39, 0.29) is 35.1 Å². The molecule has 1 atom stereocenters. The van der Waals surface area contributed by atoms with Crippen molar-refractivity contribution in [3.63, 3.8) is 0 Å². The van der Waals surface area contributed by atoms with Crippen LogP contribution in [0.4, 0.5) is 16.2 Å². The van der Waals surface area contributed by atoms with E-state index in [1.165, 1.54) is 7.11 Å². The molecular formula is C23H27N3O5S. The number of nitrogens with two attached hydrogens (primary N) is 1. The van der Waals surface area contributed by atoms with Crippen molar-refractivity contribution < 1.29 is 22.7 Å². The molecule has 2 aromatic carbocycles. The van der Waals surface area contributed by atoms with E-state index in [2.05, 4.69) is 0 Å². The van der Waals surface area contributed by atoms with Crippen LogP contribution in [-0.4, -0.2) is 52.4 Å². The van der Waals surface area contributed by atoms with E-state index < -0.39 is 15.9 Å². The molecule has 8 nitrogen and oxygen atoms in total. The Balaban J connectivity index is 1.74. The van der Waals surface area contributed by atoms with Gasteiger partial charge in [-0.3, -0.25) is 9.69 Å². The van der Waals surface area contributed by atoms with Gasteiger partial charge in [-0.15, -0.1) is 0 Å². The number of fused-ring (bicyclic) bond motifs is 1. The fourth-order valence-corrected chi connectivity index (χ4v) is 5.17. The van der Waals surface area contributed by atoms with Crippen LogP contribution in [0.1, 0.15) is 19.8 Å². The van der Waals surface area contributed by atoms with Crippen molar-refractivity contribution in [3.8, 4) is 11.1 Å². The number of sulfone groups is 1. The van der Waals surface area contributed by atoms with E-state index in [4.69, 9.17) is 10.5 Å². The van der Waals surface area contributed by atoms with Gasteiger partial charge in [-0.2, -0.15) is 0 Å². The van der Waals surface area contributed by atoms with E-state index in [0.29, 0.717) is 17.9 Å². The Hall–Kier alpha value is -2.91. The zero-order valence-corrected chi connectivity index (χ0v) is 19.0. The molecule has 2 aromatic rings. The number of hydrogen-bond donors (Lipinski definition) is 1. The normalized spacial score (nSPS) is 18.3. The van der Waals surface area contributed by atoms with Gasteiger partial charge in [-0.25, -0.2) is 13.2 Å². The first-order valence-corrected chi connectivity index (χ1v) is 12.3. The van der Waals surface area contributed by atoms with Crippen LogP contribution in [0.2, 0.25) is 0 Å². The number of nitrogens with zero attached hydrogens (tertiary/aromatic N) is 2. The summed E-state index contributed by atoms with van der Waals surface area (Å²) < 4.78 is 29.5. The van der Waals surface area contributed by atoms with Crippen LogP contribution in [-0.2, 0) is 19.4 Å². The molecule has 0 bridgehead atoms. The minimum Gasteiger partial charge on any atom is -0.452 e. The zero-order chi connectivity index (χ0) is 23.0. The van der Waals surface area contributed by atoms with Gasteiger partial charge in [0.1, 0.15) is 0 Å². The number of hydrogen-bond acceptors (Lipinski definition) is 6. The van der Waals surface area contributed by atoms with E-state index in [1.54, 1.807) is 34.1 Å². The minimum atomic E-state index is -3.41. The summed E-state index contributed by atoms with van der Waals surface area (Å²) in [5, 5.41) is 0. The first-order chi connectivity index (χ1) is 15.3. The van der Waals surface area contributed by atoms with Crippen LogP contribution < -0.4 is 15.5 Å². The average Bonchev–Trinajstić information content (AvgIpc) is 3.63. The van der Waals surface area contributed by atoms with Crippen LogP contribution in [0.3, 0.4) is 0 Å². The quantitative estimate of drug-likeness (QED) is 0.739. The van der Waals surface area contributed by atoms with Gasteiger partial charge in [-0.1, -0.05) is 18.2 Å². The summed E-state index contributed by atoms with van der Waals surface area (Å²) in [6.45, 7) is 2.34. The Kier molecular flexibility index (Phi) is 5.96. The number of benzene rings is 2. The summed E-state index contributed by atoms with van der Waals surface area (Å²) in [4.78, 5) is 29.0. The predicted molar refractivity (Wildman–Crippen MR) is 122 cm³/mol. The van der Waals surface area contributed by atoms with Gasteiger partial charge in [0.15, 0.2) is 9.84 Å². The van der Waals surface area contributed by atoms with Crippen molar-refractivity contribution in [2.45, 2.75) is 30.7 Å². The highest BCUT2D eigenvalue weighted by Crippen LogP contribution is 2.42. The zero-order valence-electron chi connectivity index (χ0n) is 18.2. The summed E-state index contributed by atoms with van der Waals surface area (Å²) in [7, 11) is -2.07. The minimum absolute atomic E-state index is 0.0374. The van der Waals surface area contributed by atoms with Crippen molar-refractivity contribution in [1.82, 2.24) is 0 Å². The van der Waals surface area contributed by atoms with Gasteiger partial charge in [0.2, 0.25) is 5.91 Å². The lowest BCUT2D eigenvalue weighted by molar-refractivity contribution is -0.119. The molecule has 0 spiro atoms. The molecule has 0 saturated heterocycles. The largest absolute Gasteiger partial charge is 0.452 e. The summed E-state index contributed by atoms with van der Waals surface area (Å²) in [6, 6.07) is 11.9. The highest BCUT2D eigenvalue weighted by atomic mass is 32.2. The maximum Gasteiger partial charge on any atom is 0.414 e. The Morgan fingerprint density at radius 3 is 2.31 bits per heavy atom. The second kappa shape index (κ2) is 8.55. The van der Waals surface area contributed by atoms with Crippen molar-refractivity contribution in [1.29, 1.82) is 0 Å². The smallest absolute Gasteiger partial charge is 0.414 e. The number of carbonyl (C=O) groups excluding carboxylic acids is 2. The fourth-order valence-electron chi connectivity index (χ4n) is 4.07. The number of amides is 2. The van der Waals surface area contributed by atoms with Gasteiger partial charge in [-0.05, 0) is 55.2 Å². The Morgan fingerprint density at radius 1 is 1.06 bits per heavy atom. The Labute approximate surface area is 187 Å². The number of carbonyl (C=O) groups is 2. The highest BCUT2D eigenvalue weighted by Gasteiger charge is 2.40. The lowest BCUT2D eigenvalue weighted by Crippen LogP contribution is -2.52. The molecule has 0 aromatic heterocycles. The van der Waals surface area contributed by atoms with Gasteiger partial charge in [0, 0.05) is 19.0 Å². The Morgan fingerprint density at radius 2 is 1.72 bits per heavy atom. The van der Waals surface area contributed by atoms with Gasteiger partial charge in [0.25, 0.3) is 0 Å². The third kappa shape index (κ3) is 4.10. The SMILES string of the molecule is COC(=O)N1c2ccc(-c3ccc(S(=O)(=O)CCN)cc3)cc2N(C(=O)C2CC2)C[C@@H]1C. The summed E-state index contributed by atoms with van der Waals surface area (Å²) >= 11 is 0. The molecule has 4 rings (SSSR count). The van der Waals surface area contributed by atoms with Crippen LogP contribution in [0.15, 0.2) is 47.4 Å². The molecular weight excluding hydrogens is 430 g/mol. The van der Waals surface area contributed by atoms with E-state index >= 15 is 0 Å². The lowest BCUT2D eigenvalue weighted by atomic mass is 10.0. The summed E-state index contributed by atoms with van der Waals surface area (Å²) in [5.41, 5.74) is 8.31. The number of anilines is 2. The average molecular weight is 458 g/mol. The number of rotatable bonds is 5. The molecule has 2 amide bonds. The molecule has 0 unspecified atom stereocenters. The molecule has 2 N–H and O–H groups in total. The van der Waals surface area contributed by atoms with Gasteiger partial charge >= 0.3 is 6.09 Å². The molecule has 9 heteroatoms. The maximum absolute atomic E-state index is 13.0. The van der Waals surface area contributed by atoms with Crippen molar-refractivity contribution in [3.05, 3.63) is 42.5 Å². The van der Waals surface area contributed by atoms with Crippen LogP contribution in [0.25, 0.3) is 11.1 Å². The molecule has 0 radical (unpaired) electrons. The topological polar surface area (TPSA) is 110 Å².